The lowest BCUT2D eigenvalue weighted by atomic mass is 10.0. The van der Waals surface area contributed by atoms with Crippen LogP contribution in [-0.2, 0) is 6.42 Å². The SMILES string of the molecule is c1ccc(-c2nc(-c3ccccc3)nc(-c3ccc4c(c3)-c3cc(-n5c6ccccc6c6cc(-c7ccc8c(c7)c7ccccc7n8-c7ccc8sc9ccccc9c8c7)ccc65)ccc3C4)n2)cc1.c1ccc(-c2nc(-c3ccccc3)nc(-c3ccc4oc5ccc(-n6c7ccccc7c7cc(-c8ccc9c(c8)c8ccccc8n9-c8ccc9sc%10ccccc%10c9c8)ccc76)cc5c4c3)n2)cc1. The van der Waals surface area contributed by atoms with Crippen LogP contribution in [0.5, 0.6) is 0 Å². The van der Waals surface area contributed by atoms with Crippen LogP contribution in [-0.4, -0.2) is 48.2 Å². The molecule has 0 aliphatic heterocycles. The van der Waals surface area contributed by atoms with Crippen molar-refractivity contribution in [3.8, 4) is 124 Å². The number of nitrogens with zero attached hydrogens (tertiary/aromatic N) is 10. The van der Waals surface area contributed by atoms with Crippen LogP contribution >= 0.6 is 22.7 Å². The molecule has 20 aromatic carbocycles. The molecule has 0 saturated heterocycles. The second-order valence-electron chi connectivity index (χ2n) is 36.4. The number of rotatable bonds is 12. The van der Waals surface area contributed by atoms with Gasteiger partial charge in [-0.1, -0.05) is 273 Å². The van der Waals surface area contributed by atoms with Gasteiger partial charge in [-0.05, 0) is 227 Å². The Morgan fingerprint density at radius 3 is 0.821 bits per heavy atom. The van der Waals surface area contributed by atoms with E-state index in [2.05, 4.69) is 358 Å². The number of furan rings is 1. The average Bonchev–Trinajstić information content (AvgIpc) is 1.57. The lowest BCUT2D eigenvalue weighted by Crippen LogP contribution is -2.00. The standard InChI is InChI=1S/C64H39N5S.C63H37N5OS/c1-3-13-39(14-4-1)62-65-63(40-15-5-2-6-16-40)67-64(66-62)45-24-23-43-33-44-25-28-46(37-52(44)51(43)36-45)68-56-20-10-7-17-48(56)53-34-41(26-30-58(53)68)42-27-31-59-54(35-42)49-18-8-11-21-57(49)69(59)47-29-32-61-55(38-47)50-19-9-12-22-60(50)70-61;1-3-13-38(14-4-1)61-64-62(39-15-5-2-6-16-39)66-63(65-61)42-25-30-57-50(35-42)51-36-43(26-31-58(51)69-57)67-53-20-10-7-17-45(53)48-33-40(23-28-55(48)67)41-24-29-56-49(34-41)46-18-8-11-21-54(46)68(56)44-27-32-60-52(37-44)47-19-9-12-22-59(47)70-60/h1-32,34-38H,33H2;1-37H. The van der Waals surface area contributed by atoms with Crippen LogP contribution in [0.4, 0.5) is 0 Å². The van der Waals surface area contributed by atoms with Crippen LogP contribution in [0.2, 0.25) is 0 Å². The Hall–Kier alpha value is -18.1. The van der Waals surface area contributed by atoms with E-state index in [1.807, 2.05) is 132 Å². The van der Waals surface area contributed by atoms with Crippen molar-refractivity contribution in [2.75, 3.05) is 0 Å². The molecule has 0 bridgehead atoms. The van der Waals surface area contributed by atoms with E-state index in [1.165, 1.54) is 172 Å². The Morgan fingerprint density at radius 2 is 0.429 bits per heavy atom. The van der Waals surface area contributed by atoms with Gasteiger partial charge >= 0.3 is 0 Å². The molecule has 0 atom stereocenters. The highest BCUT2D eigenvalue weighted by atomic mass is 32.1. The van der Waals surface area contributed by atoms with Gasteiger partial charge in [-0.3, -0.25) is 0 Å². The fourth-order valence-corrected chi connectivity index (χ4v) is 24.0. The zero-order valence-electron chi connectivity index (χ0n) is 75.1. The molecule has 9 heterocycles. The number of fused-ring (bicyclic) bond motifs is 24. The third-order valence-corrected chi connectivity index (χ3v) is 30.7. The zero-order chi connectivity index (χ0) is 91.7. The van der Waals surface area contributed by atoms with E-state index in [4.69, 9.17) is 34.3 Å². The second-order valence-corrected chi connectivity index (χ2v) is 38.5. The van der Waals surface area contributed by atoms with E-state index in [0.29, 0.717) is 34.9 Å². The summed E-state index contributed by atoms with van der Waals surface area (Å²) < 4.78 is 21.4. The van der Waals surface area contributed by atoms with Crippen LogP contribution in [0.1, 0.15) is 11.1 Å². The molecule has 0 N–H and O–H groups in total. The smallest absolute Gasteiger partial charge is 0.164 e. The molecule has 11 nitrogen and oxygen atoms in total. The van der Waals surface area contributed by atoms with E-state index in [-0.39, 0.29) is 0 Å². The predicted octanol–water partition coefficient (Wildman–Crippen LogP) is 33.7. The van der Waals surface area contributed by atoms with Gasteiger partial charge in [0.15, 0.2) is 34.9 Å². The average molecular weight is 1820 g/mol. The van der Waals surface area contributed by atoms with Gasteiger partial charge in [0, 0.05) is 150 Å². The van der Waals surface area contributed by atoms with Crippen molar-refractivity contribution in [3.05, 3.63) is 460 Å². The van der Waals surface area contributed by atoms with Crippen molar-refractivity contribution in [2.45, 2.75) is 6.42 Å². The first-order valence-electron chi connectivity index (χ1n) is 47.3. The fraction of sp³-hybridized carbons (Fsp3) is 0.00787. The molecule has 0 fully saturated rings. The number of thiophene rings is 2. The summed E-state index contributed by atoms with van der Waals surface area (Å²) in [6, 6.07) is 161. The molecular formula is C127H76N10OS2. The summed E-state index contributed by atoms with van der Waals surface area (Å²) in [5.74, 6) is 3.84. The summed E-state index contributed by atoms with van der Waals surface area (Å²) in [5.41, 5.74) is 31.1. The molecule has 13 heteroatoms. The van der Waals surface area contributed by atoms with Gasteiger partial charge in [-0.15, -0.1) is 22.7 Å². The monoisotopic (exact) mass is 1820 g/mol. The Bertz CT molecular complexity index is 10100. The summed E-state index contributed by atoms with van der Waals surface area (Å²) >= 11 is 3.72. The number of benzene rings is 20. The van der Waals surface area contributed by atoms with Crippen molar-refractivity contribution >= 4 is 172 Å². The highest BCUT2D eigenvalue weighted by Crippen LogP contribution is 2.48. The summed E-state index contributed by atoms with van der Waals surface area (Å²) in [5, 5.41) is 17.1. The second kappa shape index (κ2) is 31.7. The Balaban J connectivity index is 0.000000134. The van der Waals surface area contributed by atoms with E-state index < -0.39 is 0 Å². The minimum atomic E-state index is 0.605. The van der Waals surface area contributed by atoms with Crippen molar-refractivity contribution in [3.63, 3.8) is 0 Å². The predicted molar refractivity (Wildman–Crippen MR) is 582 cm³/mol. The number of hydrogen-bond donors (Lipinski definition) is 0. The molecule has 30 rings (SSSR count). The molecule has 1 aliphatic carbocycles. The molecule has 652 valence electrons. The highest BCUT2D eigenvalue weighted by molar-refractivity contribution is 7.26. The maximum absolute atomic E-state index is 6.49. The van der Waals surface area contributed by atoms with Crippen LogP contribution in [0.3, 0.4) is 0 Å². The van der Waals surface area contributed by atoms with E-state index in [0.717, 1.165) is 84.1 Å². The van der Waals surface area contributed by atoms with Gasteiger partial charge in [0.1, 0.15) is 11.2 Å². The summed E-state index contributed by atoms with van der Waals surface area (Å²) in [7, 11) is 0. The maximum Gasteiger partial charge on any atom is 0.164 e. The molecule has 1 aliphatic rings. The fourth-order valence-electron chi connectivity index (χ4n) is 21.8. The molecule has 0 spiro atoms. The maximum atomic E-state index is 6.49. The van der Waals surface area contributed by atoms with Gasteiger partial charge < -0.3 is 22.7 Å². The molecule has 0 saturated carbocycles. The van der Waals surface area contributed by atoms with Crippen LogP contribution in [0.25, 0.3) is 274 Å². The number of hydrogen-bond acceptors (Lipinski definition) is 9. The van der Waals surface area contributed by atoms with Crippen molar-refractivity contribution < 1.29 is 4.42 Å². The quantitative estimate of drug-likeness (QED) is 0.120. The normalized spacial score (nSPS) is 12.1. The first kappa shape index (κ1) is 79.3. The molecular weight excluding hydrogens is 1750 g/mol. The Labute approximate surface area is 809 Å². The number of aromatic nitrogens is 10. The lowest BCUT2D eigenvalue weighted by molar-refractivity contribution is 0.669. The van der Waals surface area contributed by atoms with Crippen molar-refractivity contribution in [2.24, 2.45) is 0 Å². The van der Waals surface area contributed by atoms with Crippen molar-refractivity contribution in [1.29, 1.82) is 0 Å². The minimum absolute atomic E-state index is 0.605. The molecule has 29 aromatic rings. The lowest BCUT2D eigenvalue weighted by Gasteiger charge is -2.12. The van der Waals surface area contributed by atoms with Gasteiger partial charge in [-0.2, -0.15) is 0 Å². The van der Waals surface area contributed by atoms with Crippen LogP contribution in [0.15, 0.2) is 453 Å². The van der Waals surface area contributed by atoms with E-state index >= 15 is 0 Å². The third-order valence-electron chi connectivity index (χ3n) is 28.4. The molecule has 0 unspecified atom stereocenters. The largest absolute Gasteiger partial charge is 0.456 e. The molecule has 9 aromatic heterocycles. The van der Waals surface area contributed by atoms with Crippen LogP contribution < -0.4 is 0 Å². The Kier molecular flexibility index (Phi) is 18.0. The summed E-state index contributed by atoms with van der Waals surface area (Å²) in [4.78, 5) is 30.0. The van der Waals surface area contributed by atoms with Crippen LogP contribution in [0, 0.1) is 0 Å². The zero-order valence-corrected chi connectivity index (χ0v) is 76.8. The summed E-state index contributed by atoms with van der Waals surface area (Å²) in [6.07, 6.45) is 0.882. The first-order chi connectivity index (χ1) is 69.3. The van der Waals surface area contributed by atoms with Gasteiger partial charge in [0.05, 0.1) is 44.1 Å². The highest BCUT2D eigenvalue weighted by Gasteiger charge is 2.27. The topological polar surface area (TPSA) is 110 Å². The first-order valence-corrected chi connectivity index (χ1v) is 48.9. The molecule has 140 heavy (non-hydrogen) atoms. The van der Waals surface area contributed by atoms with Gasteiger partial charge in [0.25, 0.3) is 0 Å². The third kappa shape index (κ3) is 12.9. The Morgan fingerprint density at radius 1 is 0.171 bits per heavy atom. The van der Waals surface area contributed by atoms with E-state index in [1.54, 1.807) is 0 Å². The molecule has 0 radical (unpaired) electrons. The van der Waals surface area contributed by atoms with Crippen molar-refractivity contribution in [1.82, 2.24) is 48.2 Å². The van der Waals surface area contributed by atoms with Gasteiger partial charge in [-0.25, -0.2) is 29.9 Å². The summed E-state index contributed by atoms with van der Waals surface area (Å²) in [6.45, 7) is 0. The molecule has 0 amide bonds. The minimum Gasteiger partial charge on any atom is -0.456 e. The van der Waals surface area contributed by atoms with E-state index in [9.17, 15) is 0 Å². The van der Waals surface area contributed by atoms with Gasteiger partial charge in [0.2, 0.25) is 0 Å². The number of para-hydroxylation sites is 4.